The summed E-state index contributed by atoms with van der Waals surface area (Å²) in [5, 5.41) is 0. The Morgan fingerprint density at radius 1 is 0.667 bits per heavy atom. The molecular formula is C20H33I2SiZr. The minimum absolute atomic E-state index is 0. The van der Waals surface area contributed by atoms with Gasteiger partial charge in [-0.05, 0) is 0 Å². The van der Waals surface area contributed by atoms with Crippen LogP contribution in [-0.2, 0) is 26.2 Å². The average molecular weight is 647 g/mol. The van der Waals surface area contributed by atoms with E-state index in [0.29, 0.717) is 0 Å². The van der Waals surface area contributed by atoms with Crippen molar-refractivity contribution < 1.29 is 74.2 Å². The Hall–Kier alpha value is 1.26. The molecule has 0 unspecified atom stereocenters. The van der Waals surface area contributed by atoms with E-state index in [1.165, 1.54) is 44.5 Å². The van der Waals surface area contributed by atoms with Crippen molar-refractivity contribution in [3.63, 3.8) is 0 Å². The van der Waals surface area contributed by atoms with E-state index in [1.54, 1.807) is 0 Å². The van der Waals surface area contributed by atoms with Crippen LogP contribution in [0.1, 0.15) is 44.5 Å². The molecule has 135 valence electrons. The van der Waals surface area contributed by atoms with Gasteiger partial charge in [-0.1, -0.05) is 68.5 Å². The van der Waals surface area contributed by atoms with E-state index < -0.39 is 0 Å². The van der Waals surface area contributed by atoms with Crippen molar-refractivity contribution in [1.82, 2.24) is 0 Å². The first-order chi connectivity index (χ1) is 9.67. The van der Waals surface area contributed by atoms with Gasteiger partial charge in [-0.2, -0.15) is 56.6 Å². The fourth-order valence-corrected chi connectivity index (χ4v) is 2.27. The van der Waals surface area contributed by atoms with Crippen LogP contribution in [0, 0.1) is 55.4 Å². The maximum absolute atomic E-state index is 2.24. The van der Waals surface area contributed by atoms with Crippen LogP contribution in [0.3, 0.4) is 0 Å². The molecular weight excluding hydrogens is 613 g/mol. The number of aryl methyl sites for hydroxylation is 4. The van der Waals surface area contributed by atoms with Gasteiger partial charge in [-0.15, -0.1) is 0 Å². The Kier molecular flexibility index (Phi) is 22.5. The standard InChI is InChI=1S/2C9H13.C2H7Si.2HI.Zr/c2*1-6-5-7(2)9(4)8(6)3;1-3-2;;;/h2*5H,1-4H3;3H,1-2H3;2*1H;/q2*-1;;;;+4/p-2. The number of hydrogen-bond donors (Lipinski definition) is 0. The van der Waals surface area contributed by atoms with Gasteiger partial charge in [0.15, 0.2) is 0 Å². The van der Waals surface area contributed by atoms with Crippen molar-refractivity contribution in [2.45, 2.75) is 68.5 Å². The van der Waals surface area contributed by atoms with Gasteiger partial charge in [0.2, 0.25) is 0 Å². The van der Waals surface area contributed by atoms with E-state index >= 15 is 0 Å². The van der Waals surface area contributed by atoms with E-state index in [1.807, 2.05) is 0 Å². The first-order valence-corrected chi connectivity index (χ1v) is 10.1. The fraction of sp³-hybridized carbons (Fsp3) is 0.500. The second-order valence-electron chi connectivity index (χ2n) is 6.10. The second-order valence-corrected chi connectivity index (χ2v) is 7.25. The summed E-state index contributed by atoms with van der Waals surface area (Å²) in [6, 6.07) is 4.48. The molecule has 0 heterocycles. The normalized spacial score (nSPS) is 8.42. The minimum atomic E-state index is 0. The van der Waals surface area contributed by atoms with E-state index in [-0.39, 0.29) is 74.2 Å². The first kappa shape index (κ1) is 32.9. The van der Waals surface area contributed by atoms with Gasteiger partial charge in [0.05, 0.1) is 0 Å². The molecule has 0 saturated carbocycles. The summed E-state index contributed by atoms with van der Waals surface area (Å²) in [6.07, 6.45) is 0. The van der Waals surface area contributed by atoms with Gasteiger partial charge in [0, 0.05) is 9.52 Å². The van der Waals surface area contributed by atoms with Crippen LogP contribution in [0.15, 0.2) is 12.1 Å². The number of hydrogen-bond acceptors (Lipinski definition) is 0. The van der Waals surface area contributed by atoms with E-state index in [4.69, 9.17) is 0 Å². The van der Waals surface area contributed by atoms with Crippen molar-refractivity contribution in [3.8, 4) is 0 Å². The Morgan fingerprint density at radius 3 is 0.917 bits per heavy atom. The molecule has 1 radical (unpaired) electrons. The molecule has 0 spiro atoms. The van der Waals surface area contributed by atoms with E-state index in [9.17, 15) is 0 Å². The van der Waals surface area contributed by atoms with Crippen molar-refractivity contribution in [2.75, 3.05) is 0 Å². The Bertz CT molecular complexity index is 473. The zero-order valence-electron chi connectivity index (χ0n) is 17.0. The van der Waals surface area contributed by atoms with Gasteiger partial charge >= 0.3 is 26.2 Å². The maximum atomic E-state index is 2.24. The van der Waals surface area contributed by atoms with Gasteiger partial charge in [0.1, 0.15) is 0 Å². The third-order valence-electron chi connectivity index (χ3n) is 4.36. The molecule has 24 heavy (non-hydrogen) atoms. The maximum Gasteiger partial charge on any atom is 4.00 e. The molecule has 2 aromatic carbocycles. The Labute approximate surface area is 206 Å². The minimum Gasteiger partial charge on any atom is -1.00 e. The summed E-state index contributed by atoms with van der Waals surface area (Å²) in [7, 11) is 0.750. The molecule has 0 nitrogen and oxygen atoms in total. The molecule has 4 heteroatoms. The second kappa shape index (κ2) is 16.4. The van der Waals surface area contributed by atoms with Gasteiger partial charge in [-0.3, -0.25) is 0 Å². The molecule has 0 aliphatic rings. The summed E-state index contributed by atoms with van der Waals surface area (Å²) >= 11 is 0. The molecule has 0 fully saturated rings. The third kappa shape index (κ3) is 10.4. The Balaban J connectivity index is -0.000000130. The molecule has 2 aromatic rings. The zero-order valence-corrected chi connectivity index (χ0v) is 24.9. The van der Waals surface area contributed by atoms with Gasteiger partial charge in [0.25, 0.3) is 0 Å². The quantitative estimate of drug-likeness (QED) is 0.212. The predicted molar refractivity (Wildman–Crippen MR) is 101 cm³/mol. The molecule has 0 aliphatic carbocycles. The summed E-state index contributed by atoms with van der Waals surface area (Å²) in [4.78, 5) is 0. The van der Waals surface area contributed by atoms with Crippen LogP contribution in [-0.4, -0.2) is 9.52 Å². The molecule has 0 N–H and O–H groups in total. The van der Waals surface area contributed by atoms with Crippen molar-refractivity contribution >= 4 is 9.52 Å². The van der Waals surface area contributed by atoms with Crippen molar-refractivity contribution in [2.24, 2.45) is 0 Å². The van der Waals surface area contributed by atoms with Gasteiger partial charge in [-0.25, -0.2) is 0 Å². The molecule has 0 atom stereocenters. The molecule has 0 aromatic heterocycles. The van der Waals surface area contributed by atoms with Crippen LogP contribution in [0.2, 0.25) is 13.1 Å². The smallest absolute Gasteiger partial charge is 1.00 e. The van der Waals surface area contributed by atoms with Crippen LogP contribution >= 0.6 is 0 Å². The largest absolute Gasteiger partial charge is 4.00 e. The van der Waals surface area contributed by atoms with Crippen molar-refractivity contribution in [1.29, 1.82) is 0 Å². The molecule has 2 rings (SSSR count). The molecule has 0 saturated heterocycles. The molecule has 0 bridgehead atoms. The SMILES string of the molecule is C[SiH]C.Cc1c[c-](C)c(C)c1C.Cc1c[c-](C)c(C)c1C.[I-].[I-].[Zr+4]. The topological polar surface area (TPSA) is 0 Å². The fourth-order valence-electron chi connectivity index (χ4n) is 2.27. The van der Waals surface area contributed by atoms with E-state index in [2.05, 4.69) is 80.6 Å². The summed E-state index contributed by atoms with van der Waals surface area (Å²) in [5.74, 6) is 0. The van der Waals surface area contributed by atoms with Crippen LogP contribution in [0.25, 0.3) is 0 Å². The summed E-state index contributed by atoms with van der Waals surface area (Å²) in [5.41, 5.74) is 11.5. The van der Waals surface area contributed by atoms with Crippen LogP contribution in [0.4, 0.5) is 0 Å². The zero-order chi connectivity index (χ0) is 16.7. The predicted octanol–water partition coefficient (Wildman–Crippen LogP) is -0.197. The van der Waals surface area contributed by atoms with Crippen LogP contribution in [0.5, 0.6) is 0 Å². The van der Waals surface area contributed by atoms with E-state index in [0.717, 1.165) is 9.52 Å². The van der Waals surface area contributed by atoms with Crippen molar-refractivity contribution in [3.05, 3.63) is 56.6 Å². The Morgan fingerprint density at radius 2 is 0.875 bits per heavy atom. The number of rotatable bonds is 0. The van der Waals surface area contributed by atoms with Crippen LogP contribution < -0.4 is 48.0 Å². The third-order valence-corrected chi connectivity index (χ3v) is 4.36. The molecule has 0 aliphatic heterocycles. The average Bonchev–Trinajstić information content (AvgIpc) is 2.77. The first-order valence-electron chi connectivity index (χ1n) is 7.81. The monoisotopic (exact) mass is 645 g/mol. The summed E-state index contributed by atoms with van der Waals surface area (Å²) < 4.78 is 0. The summed E-state index contributed by atoms with van der Waals surface area (Å²) in [6.45, 7) is 21.8. The number of halogens is 2. The molecule has 0 amide bonds. The van der Waals surface area contributed by atoms with Gasteiger partial charge < -0.3 is 48.0 Å².